The van der Waals surface area contributed by atoms with Crippen molar-refractivity contribution in [1.29, 1.82) is 0 Å². The number of hydrogen-bond acceptors (Lipinski definition) is 5. The van der Waals surface area contributed by atoms with E-state index in [4.69, 9.17) is 0 Å². The van der Waals surface area contributed by atoms with Gasteiger partial charge < -0.3 is 5.32 Å². The molecule has 0 fully saturated rings. The molecule has 0 saturated carbocycles. The lowest BCUT2D eigenvalue weighted by molar-refractivity contribution is 0.0930. The molecule has 0 aliphatic rings. The molecule has 0 saturated heterocycles. The highest BCUT2D eigenvalue weighted by molar-refractivity contribution is 7.15. The Bertz CT molecular complexity index is 1050. The number of amides is 1. The van der Waals surface area contributed by atoms with Gasteiger partial charge in [-0.05, 0) is 19.1 Å². The predicted molar refractivity (Wildman–Crippen MR) is 95.4 cm³/mol. The van der Waals surface area contributed by atoms with Gasteiger partial charge in [-0.25, -0.2) is 14.4 Å². The molecule has 0 aliphatic carbocycles. The van der Waals surface area contributed by atoms with Crippen molar-refractivity contribution < 1.29 is 9.18 Å². The van der Waals surface area contributed by atoms with Gasteiger partial charge in [0.05, 0.1) is 12.2 Å². The number of carbonyl (C=O) groups is 1. The molecule has 1 aromatic carbocycles. The van der Waals surface area contributed by atoms with Gasteiger partial charge in [0.15, 0.2) is 4.96 Å². The predicted octanol–water partition coefficient (Wildman–Crippen LogP) is 2.61. The van der Waals surface area contributed by atoms with Crippen molar-refractivity contribution >= 4 is 22.2 Å². The van der Waals surface area contributed by atoms with E-state index in [1.807, 2.05) is 6.92 Å². The molecular weight excluding hydrogens is 355 g/mol. The van der Waals surface area contributed by atoms with E-state index < -0.39 is 0 Å². The highest BCUT2D eigenvalue weighted by Gasteiger charge is 2.18. The molecule has 0 bridgehead atoms. The number of fused-ring (bicyclic) bond motifs is 1. The van der Waals surface area contributed by atoms with Crippen LogP contribution in [0.1, 0.15) is 17.4 Å². The molecule has 0 spiro atoms. The van der Waals surface area contributed by atoms with Gasteiger partial charge in [-0.3, -0.25) is 13.9 Å². The highest BCUT2D eigenvalue weighted by atomic mass is 32.1. The quantitative estimate of drug-likeness (QED) is 0.586. The Morgan fingerprint density at radius 2 is 2.23 bits per heavy atom. The Kier molecular flexibility index (Phi) is 4.21. The number of nitrogens with one attached hydrogen (secondary N) is 1. The minimum atomic E-state index is -0.342. The van der Waals surface area contributed by atoms with Crippen molar-refractivity contribution in [2.45, 2.75) is 19.5 Å². The molecule has 1 amide bonds. The Hall–Kier alpha value is -3.07. The maximum atomic E-state index is 14.0. The van der Waals surface area contributed by atoms with E-state index in [9.17, 15) is 9.18 Å². The SMILES string of the molecule is C[C@H](Cn1cncn1)NC(=O)c1csc2nc(-c3ccccc3F)cn12. The summed E-state index contributed by atoms with van der Waals surface area (Å²) in [5.41, 5.74) is 1.37. The standard InChI is InChI=1S/C17H15FN6OS/c1-11(6-23-10-19-9-20-23)21-16(25)15-8-26-17-22-14(7-24(15)17)12-4-2-3-5-13(12)18/h2-5,7-11H,6H2,1H3,(H,21,25)/t11-/m1/s1. The first-order valence-corrected chi connectivity index (χ1v) is 8.84. The van der Waals surface area contributed by atoms with Crippen LogP contribution in [-0.2, 0) is 6.54 Å². The first-order chi connectivity index (χ1) is 12.6. The zero-order valence-electron chi connectivity index (χ0n) is 13.8. The number of thiazole rings is 1. The average molecular weight is 370 g/mol. The lowest BCUT2D eigenvalue weighted by atomic mass is 10.1. The minimum Gasteiger partial charge on any atom is -0.346 e. The number of hydrogen-bond donors (Lipinski definition) is 1. The van der Waals surface area contributed by atoms with Crippen molar-refractivity contribution in [3.8, 4) is 11.3 Å². The van der Waals surface area contributed by atoms with E-state index in [0.717, 1.165) is 0 Å². The van der Waals surface area contributed by atoms with Gasteiger partial charge in [-0.1, -0.05) is 12.1 Å². The number of imidazole rings is 1. The topological polar surface area (TPSA) is 77.1 Å². The zero-order valence-corrected chi connectivity index (χ0v) is 14.7. The normalized spacial score (nSPS) is 12.4. The van der Waals surface area contributed by atoms with Gasteiger partial charge in [-0.2, -0.15) is 5.10 Å². The zero-order chi connectivity index (χ0) is 18.1. The highest BCUT2D eigenvalue weighted by Crippen LogP contribution is 2.25. The van der Waals surface area contributed by atoms with Crippen LogP contribution in [0, 0.1) is 5.82 Å². The summed E-state index contributed by atoms with van der Waals surface area (Å²) >= 11 is 1.34. The van der Waals surface area contributed by atoms with Crippen molar-refractivity contribution in [2.24, 2.45) is 0 Å². The van der Waals surface area contributed by atoms with Crippen molar-refractivity contribution in [2.75, 3.05) is 0 Å². The molecule has 4 aromatic rings. The van der Waals surface area contributed by atoms with Crippen LogP contribution in [0.3, 0.4) is 0 Å². The van der Waals surface area contributed by atoms with Crippen LogP contribution < -0.4 is 5.32 Å². The van der Waals surface area contributed by atoms with Crippen LogP contribution in [-0.4, -0.2) is 36.1 Å². The Labute approximate surface area is 152 Å². The summed E-state index contributed by atoms with van der Waals surface area (Å²) in [5, 5.41) is 8.70. The van der Waals surface area contributed by atoms with E-state index in [2.05, 4.69) is 20.4 Å². The van der Waals surface area contributed by atoms with Gasteiger partial charge in [-0.15, -0.1) is 11.3 Å². The van der Waals surface area contributed by atoms with Crippen molar-refractivity contribution in [3.63, 3.8) is 0 Å². The number of benzene rings is 1. The summed E-state index contributed by atoms with van der Waals surface area (Å²) in [6.45, 7) is 2.41. The van der Waals surface area contributed by atoms with E-state index in [1.165, 1.54) is 23.7 Å². The van der Waals surface area contributed by atoms with Gasteiger partial charge in [0.1, 0.15) is 24.2 Å². The molecule has 4 rings (SSSR count). The maximum absolute atomic E-state index is 14.0. The van der Waals surface area contributed by atoms with Gasteiger partial charge in [0.25, 0.3) is 5.91 Å². The number of aromatic nitrogens is 5. The number of nitrogens with zero attached hydrogens (tertiary/aromatic N) is 5. The summed E-state index contributed by atoms with van der Waals surface area (Å²) in [5.74, 6) is -0.563. The third kappa shape index (κ3) is 3.08. The maximum Gasteiger partial charge on any atom is 0.269 e. The molecule has 9 heteroatoms. The lowest BCUT2D eigenvalue weighted by Gasteiger charge is -2.13. The third-order valence-electron chi connectivity index (χ3n) is 3.90. The summed E-state index contributed by atoms with van der Waals surface area (Å²) in [7, 11) is 0. The fraction of sp³-hybridized carbons (Fsp3) is 0.176. The molecule has 7 nitrogen and oxygen atoms in total. The molecule has 0 aliphatic heterocycles. The number of halogens is 1. The summed E-state index contributed by atoms with van der Waals surface area (Å²) in [6, 6.07) is 6.32. The van der Waals surface area contributed by atoms with Crippen molar-refractivity contribution in [1.82, 2.24) is 29.5 Å². The van der Waals surface area contributed by atoms with Crippen LogP contribution >= 0.6 is 11.3 Å². The lowest BCUT2D eigenvalue weighted by Crippen LogP contribution is -2.36. The van der Waals surface area contributed by atoms with E-state index in [0.29, 0.717) is 28.5 Å². The largest absolute Gasteiger partial charge is 0.346 e. The Morgan fingerprint density at radius 1 is 1.38 bits per heavy atom. The first kappa shape index (κ1) is 16.4. The smallest absolute Gasteiger partial charge is 0.269 e. The molecule has 132 valence electrons. The van der Waals surface area contributed by atoms with E-state index in [-0.39, 0.29) is 17.8 Å². The molecule has 1 atom stereocenters. The molecule has 3 heterocycles. The Balaban J connectivity index is 1.57. The second-order valence-electron chi connectivity index (χ2n) is 5.87. The minimum absolute atomic E-state index is 0.131. The fourth-order valence-electron chi connectivity index (χ4n) is 2.70. The summed E-state index contributed by atoms with van der Waals surface area (Å²) < 4.78 is 17.3. The van der Waals surface area contributed by atoms with Crippen LogP contribution in [0.15, 0.2) is 48.5 Å². The van der Waals surface area contributed by atoms with Crippen LogP contribution in [0.25, 0.3) is 16.2 Å². The summed E-state index contributed by atoms with van der Waals surface area (Å²) in [6.07, 6.45) is 4.73. The van der Waals surface area contributed by atoms with Gasteiger partial charge in [0, 0.05) is 23.2 Å². The third-order valence-corrected chi connectivity index (χ3v) is 4.74. The molecule has 1 N–H and O–H groups in total. The summed E-state index contributed by atoms with van der Waals surface area (Å²) in [4.78, 5) is 21.5. The first-order valence-electron chi connectivity index (χ1n) is 7.96. The second kappa shape index (κ2) is 6.68. The van der Waals surface area contributed by atoms with Gasteiger partial charge in [0.2, 0.25) is 0 Å². The molecule has 0 unspecified atom stereocenters. The van der Waals surface area contributed by atoms with E-state index in [1.54, 1.807) is 45.2 Å². The van der Waals surface area contributed by atoms with Crippen molar-refractivity contribution in [3.05, 3.63) is 60.0 Å². The molecule has 3 aromatic heterocycles. The van der Waals surface area contributed by atoms with Crippen LogP contribution in [0.5, 0.6) is 0 Å². The number of carbonyl (C=O) groups excluding carboxylic acids is 1. The van der Waals surface area contributed by atoms with E-state index >= 15 is 0 Å². The average Bonchev–Trinajstić information content (AvgIpc) is 3.31. The van der Waals surface area contributed by atoms with Crippen LogP contribution in [0.4, 0.5) is 4.39 Å². The molecule has 0 radical (unpaired) electrons. The van der Waals surface area contributed by atoms with Gasteiger partial charge >= 0.3 is 0 Å². The molecular formula is C17H15FN6OS. The Morgan fingerprint density at radius 3 is 3.00 bits per heavy atom. The fourth-order valence-corrected chi connectivity index (χ4v) is 3.55. The van der Waals surface area contributed by atoms with Crippen LogP contribution in [0.2, 0.25) is 0 Å². The molecule has 26 heavy (non-hydrogen) atoms. The monoisotopic (exact) mass is 370 g/mol. The second-order valence-corrected chi connectivity index (χ2v) is 6.71. The number of rotatable bonds is 5.